The molecule has 1 aromatic heterocycles. The number of nitrogens with one attached hydrogen (secondary N) is 2. The molecule has 2 heterocycles. The highest BCUT2D eigenvalue weighted by molar-refractivity contribution is 5.87. The summed E-state index contributed by atoms with van der Waals surface area (Å²) in [7, 11) is 4.67. The largest absolute Gasteiger partial charge is 0.493 e. The van der Waals surface area contributed by atoms with Gasteiger partial charge in [-0.1, -0.05) is 18.2 Å². The molecule has 0 amide bonds. The number of hydrogen-bond acceptors (Lipinski definition) is 5. The zero-order valence-corrected chi connectivity index (χ0v) is 15.9. The SMILES string of the molecule is COc1ccc(C2N[C@H](C(=O)O)Cc3c2[nH]c2ccccc32)c(OC)c1OC. The first-order chi connectivity index (χ1) is 13.6. The van der Waals surface area contributed by atoms with Crippen LogP contribution in [0.2, 0.25) is 0 Å². The Balaban J connectivity index is 1.94. The fraction of sp³-hybridized carbons (Fsp3) is 0.286. The van der Waals surface area contributed by atoms with E-state index in [4.69, 9.17) is 14.2 Å². The third kappa shape index (κ3) is 2.75. The van der Waals surface area contributed by atoms with Crippen LogP contribution in [-0.4, -0.2) is 43.4 Å². The minimum absolute atomic E-state index is 0.396. The fourth-order valence-electron chi connectivity index (χ4n) is 3.99. The second kappa shape index (κ2) is 7.09. The Labute approximate surface area is 162 Å². The Hall–Kier alpha value is -3.19. The number of carboxylic acid groups (broad SMARTS) is 1. The summed E-state index contributed by atoms with van der Waals surface area (Å²) in [6.07, 6.45) is 0.404. The van der Waals surface area contributed by atoms with Crippen LogP contribution in [0.4, 0.5) is 0 Å². The molecule has 4 rings (SSSR count). The molecule has 7 nitrogen and oxygen atoms in total. The predicted octanol–water partition coefficient (Wildman–Crippen LogP) is 2.88. The second-order valence-electron chi connectivity index (χ2n) is 6.68. The number of H-pyrrole nitrogens is 1. The number of rotatable bonds is 5. The Morgan fingerprint density at radius 1 is 1.04 bits per heavy atom. The minimum atomic E-state index is -0.889. The molecule has 0 fully saturated rings. The average molecular weight is 382 g/mol. The van der Waals surface area contributed by atoms with Crippen LogP contribution < -0.4 is 19.5 Å². The monoisotopic (exact) mass is 382 g/mol. The molecule has 0 saturated heterocycles. The van der Waals surface area contributed by atoms with Crippen molar-refractivity contribution in [1.82, 2.24) is 10.3 Å². The zero-order valence-electron chi connectivity index (χ0n) is 15.9. The maximum Gasteiger partial charge on any atom is 0.321 e. The van der Waals surface area contributed by atoms with Crippen molar-refractivity contribution in [2.45, 2.75) is 18.5 Å². The first kappa shape index (κ1) is 18.2. The molecule has 0 spiro atoms. The number of carbonyl (C=O) groups is 1. The van der Waals surface area contributed by atoms with Crippen LogP contribution >= 0.6 is 0 Å². The van der Waals surface area contributed by atoms with Crippen LogP contribution in [0.1, 0.15) is 22.9 Å². The first-order valence-electron chi connectivity index (χ1n) is 8.96. The van der Waals surface area contributed by atoms with E-state index in [9.17, 15) is 9.90 Å². The van der Waals surface area contributed by atoms with Crippen molar-refractivity contribution in [2.75, 3.05) is 21.3 Å². The summed E-state index contributed by atoms with van der Waals surface area (Å²) in [5.74, 6) is 0.639. The normalized spacial score (nSPS) is 18.5. The van der Waals surface area contributed by atoms with Crippen LogP contribution in [0.5, 0.6) is 17.2 Å². The summed E-state index contributed by atoms with van der Waals surface area (Å²) in [5, 5.41) is 14.0. The maximum atomic E-state index is 11.8. The quantitative estimate of drug-likeness (QED) is 0.628. The molecule has 3 aromatic rings. The third-order valence-electron chi connectivity index (χ3n) is 5.26. The standard InChI is InChI=1S/C21H22N2O5/c1-26-16-9-8-12(19(27-2)20(16)28-3)17-18-13(10-15(23-17)21(24)25)11-6-4-5-7-14(11)22-18/h4-9,15,17,22-23H,10H2,1-3H3,(H,24,25)/t15-,17?/m0/s1. The number of aliphatic carboxylic acids is 1. The highest BCUT2D eigenvalue weighted by Crippen LogP contribution is 2.45. The number of para-hydroxylation sites is 1. The van der Waals surface area contributed by atoms with Gasteiger partial charge in [0.05, 0.1) is 27.4 Å². The van der Waals surface area contributed by atoms with Crippen LogP contribution in [-0.2, 0) is 11.2 Å². The molecule has 1 aliphatic heterocycles. The van der Waals surface area contributed by atoms with E-state index in [0.29, 0.717) is 23.7 Å². The third-order valence-corrected chi connectivity index (χ3v) is 5.26. The molecule has 3 N–H and O–H groups in total. The van der Waals surface area contributed by atoms with Gasteiger partial charge in [0.2, 0.25) is 5.75 Å². The molecule has 0 aliphatic carbocycles. The van der Waals surface area contributed by atoms with E-state index < -0.39 is 18.1 Å². The van der Waals surface area contributed by atoms with E-state index in [1.807, 2.05) is 30.3 Å². The first-order valence-corrected chi connectivity index (χ1v) is 8.96. The number of aromatic nitrogens is 1. The molecule has 7 heteroatoms. The smallest absolute Gasteiger partial charge is 0.321 e. The Bertz CT molecular complexity index is 1040. The molecule has 2 atom stereocenters. The maximum absolute atomic E-state index is 11.8. The summed E-state index contributed by atoms with van der Waals surface area (Å²) in [4.78, 5) is 15.3. The number of hydrogen-bond donors (Lipinski definition) is 3. The van der Waals surface area contributed by atoms with Crippen molar-refractivity contribution < 1.29 is 24.1 Å². The van der Waals surface area contributed by atoms with Crippen molar-refractivity contribution in [1.29, 1.82) is 0 Å². The van der Waals surface area contributed by atoms with Gasteiger partial charge in [-0.25, -0.2) is 0 Å². The van der Waals surface area contributed by atoms with Gasteiger partial charge in [0, 0.05) is 28.6 Å². The number of benzene rings is 2. The Morgan fingerprint density at radius 2 is 1.79 bits per heavy atom. The highest BCUT2D eigenvalue weighted by Gasteiger charge is 2.36. The summed E-state index contributed by atoms with van der Waals surface area (Å²) in [5.41, 5.74) is 3.69. The van der Waals surface area contributed by atoms with Gasteiger partial charge in [0.25, 0.3) is 0 Å². The average Bonchev–Trinajstić information content (AvgIpc) is 3.10. The van der Waals surface area contributed by atoms with E-state index in [-0.39, 0.29) is 0 Å². The van der Waals surface area contributed by atoms with Crippen LogP contribution in [0, 0.1) is 0 Å². The number of aromatic amines is 1. The molecular formula is C21H22N2O5. The van der Waals surface area contributed by atoms with Gasteiger partial charge in [0.15, 0.2) is 11.5 Å². The molecule has 0 bridgehead atoms. The van der Waals surface area contributed by atoms with E-state index >= 15 is 0 Å². The van der Waals surface area contributed by atoms with Crippen LogP contribution in [0.25, 0.3) is 10.9 Å². The lowest BCUT2D eigenvalue weighted by atomic mass is 9.89. The molecule has 0 radical (unpaired) electrons. The van der Waals surface area contributed by atoms with Crippen molar-refractivity contribution in [3.05, 3.63) is 53.2 Å². The molecule has 1 aliphatic rings. The second-order valence-corrected chi connectivity index (χ2v) is 6.68. The van der Waals surface area contributed by atoms with Gasteiger partial charge in [-0.3, -0.25) is 10.1 Å². The number of ether oxygens (including phenoxy) is 3. The van der Waals surface area contributed by atoms with Gasteiger partial charge < -0.3 is 24.3 Å². The summed E-state index contributed by atoms with van der Waals surface area (Å²) in [6, 6.07) is 10.5. The molecule has 146 valence electrons. The number of methoxy groups -OCH3 is 3. The van der Waals surface area contributed by atoms with Gasteiger partial charge in [-0.15, -0.1) is 0 Å². The lowest BCUT2D eigenvalue weighted by Crippen LogP contribution is -2.45. The number of carboxylic acids is 1. The van der Waals surface area contributed by atoms with Gasteiger partial charge in [0.1, 0.15) is 6.04 Å². The van der Waals surface area contributed by atoms with E-state index in [1.165, 1.54) is 0 Å². The van der Waals surface area contributed by atoms with Gasteiger partial charge >= 0.3 is 5.97 Å². The summed E-state index contributed by atoms with van der Waals surface area (Å²) in [6.45, 7) is 0. The lowest BCUT2D eigenvalue weighted by Gasteiger charge is -2.31. The van der Waals surface area contributed by atoms with Crippen molar-refractivity contribution >= 4 is 16.9 Å². The van der Waals surface area contributed by atoms with Crippen molar-refractivity contribution in [2.24, 2.45) is 0 Å². The molecule has 28 heavy (non-hydrogen) atoms. The zero-order chi connectivity index (χ0) is 19.8. The van der Waals surface area contributed by atoms with Crippen LogP contribution in [0.15, 0.2) is 36.4 Å². The summed E-state index contributed by atoms with van der Waals surface area (Å²) >= 11 is 0. The van der Waals surface area contributed by atoms with E-state index in [1.54, 1.807) is 27.4 Å². The molecule has 2 aromatic carbocycles. The lowest BCUT2D eigenvalue weighted by molar-refractivity contribution is -0.139. The molecular weight excluding hydrogens is 360 g/mol. The Morgan fingerprint density at radius 3 is 2.46 bits per heavy atom. The summed E-state index contributed by atoms with van der Waals surface area (Å²) < 4.78 is 16.5. The minimum Gasteiger partial charge on any atom is -0.493 e. The van der Waals surface area contributed by atoms with E-state index in [2.05, 4.69) is 10.3 Å². The van der Waals surface area contributed by atoms with Crippen molar-refractivity contribution in [3.63, 3.8) is 0 Å². The highest BCUT2D eigenvalue weighted by atomic mass is 16.5. The number of fused-ring (bicyclic) bond motifs is 3. The van der Waals surface area contributed by atoms with Crippen molar-refractivity contribution in [3.8, 4) is 17.2 Å². The predicted molar refractivity (Wildman–Crippen MR) is 105 cm³/mol. The van der Waals surface area contributed by atoms with Gasteiger partial charge in [-0.2, -0.15) is 0 Å². The Kier molecular flexibility index (Phi) is 4.60. The van der Waals surface area contributed by atoms with Crippen LogP contribution in [0.3, 0.4) is 0 Å². The topological polar surface area (TPSA) is 92.8 Å². The van der Waals surface area contributed by atoms with E-state index in [0.717, 1.165) is 27.7 Å². The molecule has 1 unspecified atom stereocenters. The molecule has 0 saturated carbocycles. The van der Waals surface area contributed by atoms with Gasteiger partial charge in [-0.05, 0) is 23.8 Å². The fourth-order valence-corrected chi connectivity index (χ4v) is 3.99.